The summed E-state index contributed by atoms with van der Waals surface area (Å²) < 4.78 is 0. The van der Waals surface area contributed by atoms with Gasteiger partial charge in [-0.15, -0.1) is 0 Å². The predicted molar refractivity (Wildman–Crippen MR) is 91.0 cm³/mol. The molecular weight excluding hydrogens is 262 g/mol. The van der Waals surface area contributed by atoms with Crippen LogP contribution in [0, 0.1) is 0 Å². The van der Waals surface area contributed by atoms with Crippen molar-refractivity contribution in [3.63, 3.8) is 0 Å². The van der Waals surface area contributed by atoms with Crippen LogP contribution >= 0.6 is 0 Å². The number of aliphatic hydroxyl groups excluding tert-OH is 1. The molecular formula is C17H31N3O. The van der Waals surface area contributed by atoms with Gasteiger partial charge >= 0.3 is 0 Å². The van der Waals surface area contributed by atoms with Crippen LogP contribution in [0.3, 0.4) is 0 Å². The first-order chi connectivity index (χ1) is 10.1. The summed E-state index contributed by atoms with van der Waals surface area (Å²) >= 11 is 0. The summed E-state index contributed by atoms with van der Waals surface area (Å²) in [6, 6.07) is 8.12. The van der Waals surface area contributed by atoms with Gasteiger partial charge in [0.25, 0.3) is 0 Å². The molecule has 0 heterocycles. The van der Waals surface area contributed by atoms with Crippen molar-refractivity contribution in [2.45, 2.75) is 26.4 Å². The normalized spacial score (nSPS) is 12.7. The van der Waals surface area contributed by atoms with Gasteiger partial charge in [-0.1, -0.05) is 26.0 Å². The number of rotatable bonds is 10. The molecule has 1 atom stereocenters. The number of hydrogen-bond donors (Lipinski definition) is 2. The lowest BCUT2D eigenvalue weighted by atomic mass is 10.1. The molecule has 21 heavy (non-hydrogen) atoms. The Balaban J connectivity index is 2.25. The van der Waals surface area contributed by atoms with Crippen LogP contribution in [0.2, 0.25) is 0 Å². The van der Waals surface area contributed by atoms with Crippen LogP contribution < -0.4 is 10.2 Å². The second kappa shape index (κ2) is 9.77. The molecule has 0 aliphatic heterocycles. The number of hydrogen-bond acceptors (Lipinski definition) is 4. The molecule has 2 N–H and O–H groups in total. The van der Waals surface area contributed by atoms with Gasteiger partial charge in [-0.25, -0.2) is 0 Å². The van der Waals surface area contributed by atoms with E-state index in [4.69, 9.17) is 0 Å². The molecule has 0 amide bonds. The van der Waals surface area contributed by atoms with E-state index in [0.717, 1.165) is 50.4 Å². The number of nitrogens with one attached hydrogen (secondary N) is 1. The summed E-state index contributed by atoms with van der Waals surface area (Å²) in [7, 11) is 4.04. The van der Waals surface area contributed by atoms with E-state index in [1.165, 1.54) is 0 Å². The minimum atomic E-state index is -0.387. The lowest BCUT2D eigenvalue weighted by Gasteiger charge is -2.18. The first-order valence-corrected chi connectivity index (χ1v) is 7.96. The van der Waals surface area contributed by atoms with E-state index in [9.17, 15) is 5.11 Å². The van der Waals surface area contributed by atoms with Crippen LogP contribution in [0.1, 0.15) is 31.9 Å². The molecule has 0 saturated heterocycles. The SMILES string of the molecule is CCN(CC)CCNCCC(O)c1ccc(N(C)C)cc1. The number of nitrogens with zero attached hydrogens (tertiary/aromatic N) is 2. The molecule has 4 nitrogen and oxygen atoms in total. The maximum absolute atomic E-state index is 10.2. The highest BCUT2D eigenvalue weighted by molar-refractivity contribution is 5.46. The van der Waals surface area contributed by atoms with Gasteiger partial charge in [0.05, 0.1) is 6.10 Å². The predicted octanol–water partition coefficient (Wildman–Crippen LogP) is 2.11. The van der Waals surface area contributed by atoms with Crippen LogP contribution in [0.15, 0.2) is 24.3 Å². The molecule has 1 aromatic rings. The Morgan fingerprint density at radius 1 is 1.05 bits per heavy atom. The summed E-state index contributed by atoms with van der Waals surface area (Å²) in [6.45, 7) is 9.46. The molecule has 120 valence electrons. The minimum Gasteiger partial charge on any atom is -0.388 e. The molecule has 0 saturated carbocycles. The molecule has 1 rings (SSSR count). The van der Waals surface area contributed by atoms with Gasteiger partial charge in [0.2, 0.25) is 0 Å². The average Bonchev–Trinajstić information content (AvgIpc) is 2.50. The Morgan fingerprint density at radius 2 is 1.67 bits per heavy atom. The lowest BCUT2D eigenvalue weighted by molar-refractivity contribution is 0.166. The maximum atomic E-state index is 10.2. The van der Waals surface area contributed by atoms with Crippen molar-refractivity contribution >= 4 is 5.69 Å². The molecule has 0 bridgehead atoms. The average molecular weight is 293 g/mol. The van der Waals surface area contributed by atoms with Crippen LogP contribution in [0.25, 0.3) is 0 Å². The Bertz CT molecular complexity index is 374. The smallest absolute Gasteiger partial charge is 0.0802 e. The zero-order valence-corrected chi connectivity index (χ0v) is 14.0. The van der Waals surface area contributed by atoms with E-state index >= 15 is 0 Å². The highest BCUT2D eigenvalue weighted by Crippen LogP contribution is 2.19. The minimum absolute atomic E-state index is 0.387. The van der Waals surface area contributed by atoms with E-state index in [0.29, 0.717) is 0 Å². The van der Waals surface area contributed by atoms with E-state index in [2.05, 4.69) is 29.0 Å². The molecule has 0 aliphatic carbocycles. The van der Waals surface area contributed by atoms with Crippen LogP contribution in [-0.2, 0) is 0 Å². The standard InChI is InChI=1S/C17H31N3O/c1-5-20(6-2)14-13-18-12-11-17(21)15-7-9-16(10-8-15)19(3)4/h7-10,17-18,21H,5-6,11-14H2,1-4H3. The third-order valence-corrected chi connectivity index (χ3v) is 3.89. The van der Waals surface area contributed by atoms with Gasteiger partial charge < -0.3 is 20.2 Å². The molecule has 4 heteroatoms. The van der Waals surface area contributed by atoms with E-state index < -0.39 is 0 Å². The summed E-state index contributed by atoms with van der Waals surface area (Å²) in [5.74, 6) is 0. The Labute approximate surface area is 129 Å². The topological polar surface area (TPSA) is 38.7 Å². The Morgan fingerprint density at radius 3 is 2.19 bits per heavy atom. The van der Waals surface area contributed by atoms with Crippen molar-refractivity contribution in [2.75, 3.05) is 51.7 Å². The van der Waals surface area contributed by atoms with Gasteiger partial charge in [-0.2, -0.15) is 0 Å². The molecule has 0 aromatic heterocycles. The van der Waals surface area contributed by atoms with Gasteiger partial charge in [-0.05, 0) is 43.8 Å². The first-order valence-electron chi connectivity index (χ1n) is 7.96. The van der Waals surface area contributed by atoms with E-state index in [1.54, 1.807) is 0 Å². The summed E-state index contributed by atoms with van der Waals surface area (Å²) in [4.78, 5) is 4.45. The van der Waals surface area contributed by atoms with E-state index in [-0.39, 0.29) is 6.10 Å². The van der Waals surface area contributed by atoms with Crippen molar-refractivity contribution in [3.05, 3.63) is 29.8 Å². The van der Waals surface area contributed by atoms with Gasteiger partial charge in [0.1, 0.15) is 0 Å². The molecule has 0 radical (unpaired) electrons. The zero-order valence-electron chi connectivity index (χ0n) is 14.0. The molecule has 1 unspecified atom stereocenters. The van der Waals surface area contributed by atoms with Crippen molar-refractivity contribution < 1.29 is 5.11 Å². The first kappa shape index (κ1) is 18.0. The zero-order chi connectivity index (χ0) is 15.7. The molecule has 1 aromatic carbocycles. The lowest BCUT2D eigenvalue weighted by Crippen LogP contribution is -2.32. The summed E-state index contributed by atoms with van der Waals surface area (Å²) in [6.07, 6.45) is 0.363. The maximum Gasteiger partial charge on any atom is 0.0802 e. The van der Waals surface area contributed by atoms with Gasteiger partial charge in [0, 0.05) is 32.9 Å². The van der Waals surface area contributed by atoms with Crippen molar-refractivity contribution in [1.82, 2.24) is 10.2 Å². The number of likely N-dealkylation sites (N-methyl/N-ethyl adjacent to an activating group) is 1. The Hall–Kier alpha value is -1.10. The third-order valence-electron chi connectivity index (χ3n) is 3.89. The fourth-order valence-electron chi connectivity index (χ4n) is 2.30. The number of benzene rings is 1. The molecule has 0 spiro atoms. The largest absolute Gasteiger partial charge is 0.388 e. The van der Waals surface area contributed by atoms with E-state index in [1.807, 2.05) is 38.4 Å². The Kier molecular flexibility index (Phi) is 8.35. The highest BCUT2D eigenvalue weighted by Gasteiger charge is 2.07. The molecule has 0 aliphatic rings. The monoisotopic (exact) mass is 293 g/mol. The second-order valence-corrected chi connectivity index (χ2v) is 5.57. The fourth-order valence-corrected chi connectivity index (χ4v) is 2.30. The second-order valence-electron chi connectivity index (χ2n) is 5.57. The fraction of sp³-hybridized carbons (Fsp3) is 0.647. The van der Waals surface area contributed by atoms with Gasteiger partial charge in [-0.3, -0.25) is 0 Å². The molecule has 0 fully saturated rings. The number of aliphatic hydroxyl groups is 1. The van der Waals surface area contributed by atoms with Crippen LogP contribution in [0.4, 0.5) is 5.69 Å². The quantitative estimate of drug-likeness (QED) is 0.648. The highest BCUT2D eigenvalue weighted by atomic mass is 16.3. The van der Waals surface area contributed by atoms with Crippen LogP contribution in [0.5, 0.6) is 0 Å². The van der Waals surface area contributed by atoms with Crippen molar-refractivity contribution in [2.24, 2.45) is 0 Å². The third kappa shape index (κ3) is 6.46. The summed E-state index contributed by atoms with van der Waals surface area (Å²) in [5, 5.41) is 13.6. The number of anilines is 1. The van der Waals surface area contributed by atoms with Gasteiger partial charge in [0.15, 0.2) is 0 Å². The summed E-state index contributed by atoms with van der Waals surface area (Å²) in [5.41, 5.74) is 2.15. The van der Waals surface area contributed by atoms with Crippen LogP contribution in [-0.4, -0.2) is 56.8 Å². The van der Waals surface area contributed by atoms with Crippen molar-refractivity contribution in [1.29, 1.82) is 0 Å². The van der Waals surface area contributed by atoms with Crippen molar-refractivity contribution in [3.8, 4) is 0 Å².